The van der Waals surface area contributed by atoms with Crippen molar-refractivity contribution in [1.29, 1.82) is 5.26 Å². The van der Waals surface area contributed by atoms with E-state index in [-0.39, 0.29) is 5.92 Å². The second kappa shape index (κ2) is 7.61. The molecule has 1 fully saturated rings. The molecule has 92 valence electrons. The molecule has 1 aliphatic rings. The summed E-state index contributed by atoms with van der Waals surface area (Å²) in [6.45, 7) is 3.34. The SMILES string of the molecule is CN(C)CCOCCNC1CCCC1C#N. The lowest BCUT2D eigenvalue weighted by molar-refractivity contribution is 0.117. The molecule has 0 aromatic carbocycles. The van der Waals surface area contributed by atoms with Crippen LogP contribution in [0.15, 0.2) is 0 Å². The standard InChI is InChI=1S/C12H23N3O/c1-15(2)7-9-16-8-6-14-12-5-3-4-11(12)10-13/h11-12,14H,3-9H2,1-2H3. The first-order chi connectivity index (χ1) is 7.74. The van der Waals surface area contributed by atoms with E-state index in [1.807, 2.05) is 14.1 Å². The number of hydrogen-bond donors (Lipinski definition) is 1. The van der Waals surface area contributed by atoms with Crippen LogP contribution in [0, 0.1) is 17.2 Å². The molecule has 0 bridgehead atoms. The Kier molecular flexibility index (Phi) is 6.39. The van der Waals surface area contributed by atoms with Crippen molar-refractivity contribution < 1.29 is 4.74 Å². The molecule has 4 heteroatoms. The third-order valence-corrected chi connectivity index (χ3v) is 3.02. The van der Waals surface area contributed by atoms with Gasteiger partial charge in [-0.2, -0.15) is 5.26 Å². The summed E-state index contributed by atoms with van der Waals surface area (Å²) in [6.07, 6.45) is 3.36. The summed E-state index contributed by atoms with van der Waals surface area (Å²) in [6, 6.07) is 2.76. The van der Waals surface area contributed by atoms with Gasteiger partial charge in [0.25, 0.3) is 0 Å². The van der Waals surface area contributed by atoms with E-state index in [1.165, 1.54) is 6.42 Å². The highest BCUT2D eigenvalue weighted by Gasteiger charge is 2.25. The van der Waals surface area contributed by atoms with Crippen LogP contribution in [0.3, 0.4) is 0 Å². The Hall–Kier alpha value is -0.630. The van der Waals surface area contributed by atoms with Gasteiger partial charge in [-0.3, -0.25) is 0 Å². The predicted octanol–water partition coefficient (Wildman–Crippen LogP) is 0.846. The zero-order valence-electron chi connectivity index (χ0n) is 10.4. The van der Waals surface area contributed by atoms with Crippen molar-refractivity contribution in [3.63, 3.8) is 0 Å². The molecule has 0 aromatic heterocycles. The maximum Gasteiger partial charge on any atom is 0.0672 e. The van der Waals surface area contributed by atoms with Crippen molar-refractivity contribution in [2.24, 2.45) is 5.92 Å². The molecule has 0 aliphatic heterocycles. The van der Waals surface area contributed by atoms with Gasteiger partial charge in [0, 0.05) is 19.1 Å². The topological polar surface area (TPSA) is 48.3 Å². The van der Waals surface area contributed by atoms with Gasteiger partial charge in [-0.25, -0.2) is 0 Å². The van der Waals surface area contributed by atoms with Gasteiger partial charge in [-0.15, -0.1) is 0 Å². The molecule has 4 nitrogen and oxygen atoms in total. The molecule has 1 rings (SSSR count). The van der Waals surface area contributed by atoms with Crippen LogP contribution in [0.1, 0.15) is 19.3 Å². The first kappa shape index (κ1) is 13.4. The molecule has 0 radical (unpaired) electrons. The number of likely N-dealkylation sites (N-methyl/N-ethyl adjacent to an activating group) is 1. The lowest BCUT2D eigenvalue weighted by atomic mass is 10.1. The fourth-order valence-corrected chi connectivity index (χ4v) is 2.02. The highest BCUT2D eigenvalue weighted by Crippen LogP contribution is 2.24. The van der Waals surface area contributed by atoms with E-state index in [1.54, 1.807) is 0 Å². The summed E-state index contributed by atoms with van der Waals surface area (Å²) in [5.74, 6) is 0.210. The summed E-state index contributed by atoms with van der Waals surface area (Å²) >= 11 is 0. The van der Waals surface area contributed by atoms with Crippen molar-refractivity contribution in [2.45, 2.75) is 25.3 Å². The number of nitrogens with zero attached hydrogens (tertiary/aromatic N) is 2. The Morgan fingerprint density at radius 1 is 1.38 bits per heavy atom. The maximum atomic E-state index is 8.91. The van der Waals surface area contributed by atoms with Crippen LogP contribution in [0.25, 0.3) is 0 Å². The van der Waals surface area contributed by atoms with Gasteiger partial charge < -0.3 is 15.0 Å². The first-order valence-electron chi connectivity index (χ1n) is 6.09. The average Bonchev–Trinajstić information content (AvgIpc) is 2.70. The summed E-state index contributed by atoms with van der Waals surface area (Å²) in [4.78, 5) is 2.11. The number of rotatable bonds is 7. The van der Waals surface area contributed by atoms with Gasteiger partial charge in [0.1, 0.15) is 0 Å². The molecule has 0 spiro atoms. The van der Waals surface area contributed by atoms with Gasteiger partial charge >= 0.3 is 0 Å². The van der Waals surface area contributed by atoms with Crippen molar-refractivity contribution in [1.82, 2.24) is 10.2 Å². The molecule has 16 heavy (non-hydrogen) atoms. The van der Waals surface area contributed by atoms with Crippen molar-refractivity contribution in [3.05, 3.63) is 0 Å². The normalized spacial score (nSPS) is 24.9. The third kappa shape index (κ3) is 4.93. The molecule has 0 amide bonds. The lowest BCUT2D eigenvalue weighted by Gasteiger charge is -2.15. The molecule has 2 atom stereocenters. The Morgan fingerprint density at radius 3 is 2.88 bits per heavy atom. The van der Waals surface area contributed by atoms with Crippen molar-refractivity contribution >= 4 is 0 Å². The van der Waals surface area contributed by atoms with Gasteiger partial charge in [0.05, 0.1) is 25.2 Å². The van der Waals surface area contributed by atoms with Crippen LogP contribution < -0.4 is 5.32 Å². The number of nitriles is 1. The first-order valence-corrected chi connectivity index (χ1v) is 6.09. The summed E-state index contributed by atoms with van der Waals surface area (Å²) in [7, 11) is 4.08. The smallest absolute Gasteiger partial charge is 0.0672 e. The summed E-state index contributed by atoms with van der Waals surface area (Å²) < 4.78 is 5.49. The van der Waals surface area contributed by atoms with Crippen LogP contribution in [-0.2, 0) is 4.74 Å². The van der Waals surface area contributed by atoms with Crippen LogP contribution >= 0.6 is 0 Å². The second-order valence-electron chi connectivity index (χ2n) is 4.64. The van der Waals surface area contributed by atoms with E-state index >= 15 is 0 Å². The molecule has 1 N–H and O–H groups in total. The van der Waals surface area contributed by atoms with Crippen molar-refractivity contribution in [3.8, 4) is 6.07 Å². The minimum Gasteiger partial charge on any atom is -0.379 e. The van der Waals surface area contributed by atoms with E-state index in [0.29, 0.717) is 6.04 Å². The van der Waals surface area contributed by atoms with Crippen LogP contribution in [-0.4, -0.2) is 51.3 Å². The minimum atomic E-state index is 0.210. The number of hydrogen-bond acceptors (Lipinski definition) is 4. The summed E-state index contributed by atoms with van der Waals surface area (Å²) in [5, 5.41) is 12.3. The lowest BCUT2D eigenvalue weighted by Crippen LogP contribution is -2.34. The van der Waals surface area contributed by atoms with Crippen LogP contribution in [0.5, 0.6) is 0 Å². The largest absolute Gasteiger partial charge is 0.379 e. The second-order valence-corrected chi connectivity index (χ2v) is 4.64. The molecule has 0 aromatic rings. The average molecular weight is 225 g/mol. The van der Waals surface area contributed by atoms with E-state index in [0.717, 1.165) is 39.1 Å². The molecule has 0 heterocycles. The fourth-order valence-electron chi connectivity index (χ4n) is 2.02. The quantitative estimate of drug-likeness (QED) is 0.652. The van der Waals surface area contributed by atoms with E-state index in [4.69, 9.17) is 10.00 Å². The molecule has 0 saturated heterocycles. The monoisotopic (exact) mass is 225 g/mol. The van der Waals surface area contributed by atoms with E-state index < -0.39 is 0 Å². The van der Waals surface area contributed by atoms with Gasteiger partial charge in [0.2, 0.25) is 0 Å². The van der Waals surface area contributed by atoms with Gasteiger partial charge in [0.15, 0.2) is 0 Å². The van der Waals surface area contributed by atoms with Gasteiger partial charge in [-0.05, 0) is 26.9 Å². The molecular weight excluding hydrogens is 202 g/mol. The molecule has 1 aliphatic carbocycles. The molecule has 2 unspecified atom stereocenters. The zero-order chi connectivity index (χ0) is 11.8. The molecular formula is C12H23N3O. The highest BCUT2D eigenvalue weighted by molar-refractivity contribution is 4.96. The molecule has 1 saturated carbocycles. The highest BCUT2D eigenvalue weighted by atomic mass is 16.5. The van der Waals surface area contributed by atoms with Crippen LogP contribution in [0.2, 0.25) is 0 Å². The van der Waals surface area contributed by atoms with Crippen LogP contribution in [0.4, 0.5) is 0 Å². The summed E-state index contributed by atoms with van der Waals surface area (Å²) in [5.41, 5.74) is 0. The zero-order valence-corrected chi connectivity index (χ0v) is 10.4. The third-order valence-electron chi connectivity index (χ3n) is 3.02. The van der Waals surface area contributed by atoms with E-state index in [9.17, 15) is 0 Å². The Morgan fingerprint density at radius 2 is 2.19 bits per heavy atom. The predicted molar refractivity (Wildman–Crippen MR) is 64.1 cm³/mol. The van der Waals surface area contributed by atoms with Gasteiger partial charge in [-0.1, -0.05) is 6.42 Å². The fraction of sp³-hybridized carbons (Fsp3) is 0.917. The minimum absolute atomic E-state index is 0.210. The Balaban J connectivity index is 1.97. The Labute approximate surface area is 98.6 Å². The maximum absolute atomic E-state index is 8.91. The Bertz CT molecular complexity index is 225. The van der Waals surface area contributed by atoms with Crippen molar-refractivity contribution in [2.75, 3.05) is 40.4 Å². The number of nitrogens with one attached hydrogen (secondary N) is 1. The van der Waals surface area contributed by atoms with E-state index in [2.05, 4.69) is 16.3 Å². The number of ether oxygens (including phenoxy) is 1.